The first kappa shape index (κ1) is 19.3. The highest BCUT2D eigenvalue weighted by molar-refractivity contribution is 9.10. The van der Waals surface area contributed by atoms with Gasteiger partial charge in [-0.1, -0.05) is 45.7 Å². The molecule has 0 unspecified atom stereocenters. The van der Waals surface area contributed by atoms with Crippen molar-refractivity contribution in [1.29, 1.82) is 0 Å². The lowest BCUT2D eigenvalue weighted by Gasteiger charge is -2.18. The number of nitrogens with one attached hydrogen (secondary N) is 1. The molecule has 1 heterocycles. The number of halogens is 2. The second-order valence-electron chi connectivity index (χ2n) is 5.86. The molecule has 0 aliphatic carbocycles. The molecule has 2 aromatic carbocycles. The monoisotopic (exact) mass is 446 g/mol. The number of ether oxygens (including phenoxy) is 1. The van der Waals surface area contributed by atoms with Crippen molar-refractivity contribution in [2.24, 2.45) is 0 Å². The van der Waals surface area contributed by atoms with Crippen molar-refractivity contribution in [2.45, 2.75) is 12.5 Å². The summed E-state index contributed by atoms with van der Waals surface area (Å²) in [6.45, 7) is 0. The van der Waals surface area contributed by atoms with E-state index in [-0.39, 0.29) is 12.3 Å². The van der Waals surface area contributed by atoms with Gasteiger partial charge in [0.1, 0.15) is 6.04 Å². The van der Waals surface area contributed by atoms with Crippen LogP contribution < -0.4 is 5.32 Å². The zero-order chi connectivity index (χ0) is 19.4. The van der Waals surface area contributed by atoms with Crippen LogP contribution in [0.1, 0.15) is 15.9 Å². The van der Waals surface area contributed by atoms with Crippen molar-refractivity contribution in [1.82, 2.24) is 10.3 Å². The Bertz CT molecular complexity index is 1000. The summed E-state index contributed by atoms with van der Waals surface area (Å²) < 4.78 is 5.66. The summed E-state index contributed by atoms with van der Waals surface area (Å²) in [5.74, 6) is -0.907. The number of para-hydroxylation sites is 1. The third-order valence-electron chi connectivity index (χ3n) is 4.12. The Hall–Kier alpha value is -2.44. The zero-order valence-corrected chi connectivity index (χ0v) is 16.8. The van der Waals surface area contributed by atoms with E-state index < -0.39 is 12.0 Å². The third-order valence-corrected chi connectivity index (χ3v) is 5.13. The van der Waals surface area contributed by atoms with Gasteiger partial charge in [0.2, 0.25) is 0 Å². The van der Waals surface area contributed by atoms with Crippen LogP contribution in [0.2, 0.25) is 5.02 Å². The highest BCUT2D eigenvalue weighted by atomic mass is 79.9. The number of esters is 1. The van der Waals surface area contributed by atoms with E-state index in [1.807, 2.05) is 24.3 Å². The number of rotatable bonds is 5. The Morgan fingerprint density at radius 3 is 2.78 bits per heavy atom. The lowest BCUT2D eigenvalue weighted by Crippen LogP contribution is -2.43. The predicted octanol–water partition coefficient (Wildman–Crippen LogP) is 4.16. The van der Waals surface area contributed by atoms with Crippen molar-refractivity contribution in [2.75, 3.05) is 7.11 Å². The second-order valence-corrected chi connectivity index (χ2v) is 7.16. The van der Waals surface area contributed by atoms with Gasteiger partial charge in [-0.15, -0.1) is 0 Å². The molecular weight excluding hydrogens is 432 g/mol. The molecule has 1 N–H and O–H groups in total. The molecule has 0 aliphatic heterocycles. The summed E-state index contributed by atoms with van der Waals surface area (Å²) in [4.78, 5) is 29.3. The van der Waals surface area contributed by atoms with E-state index in [4.69, 9.17) is 16.3 Å². The van der Waals surface area contributed by atoms with Gasteiger partial charge >= 0.3 is 5.97 Å². The Labute approximate surface area is 169 Å². The molecule has 1 amide bonds. The first-order chi connectivity index (χ1) is 13.0. The minimum Gasteiger partial charge on any atom is -0.467 e. The number of pyridine rings is 1. The van der Waals surface area contributed by atoms with Gasteiger partial charge < -0.3 is 10.1 Å². The summed E-state index contributed by atoms with van der Waals surface area (Å²) in [7, 11) is 1.29. The van der Waals surface area contributed by atoms with Crippen LogP contribution in [0, 0.1) is 0 Å². The molecule has 0 fully saturated rings. The topological polar surface area (TPSA) is 68.3 Å². The number of hydrogen-bond acceptors (Lipinski definition) is 4. The first-order valence-electron chi connectivity index (χ1n) is 8.16. The van der Waals surface area contributed by atoms with Gasteiger partial charge in [-0.2, -0.15) is 0 Å². The molecule has 5 nitrogen and oxygen atoms in total. The average molecular weight is 448 g/mol. The van der Waals surface area contributed by atoms with Crippen molar-refractivity contribution in [3.8, 4) is 0 Å². The molecule has 0 radical (unpaired) electrons. The standard InChI is InChI=1S/C20H16BrClN2O3/c1-27-20(26)18(11-12-10-13(22)6-7-16(12)21)24-19(25)15-8-9-23-17-5-3-2-4-14(15)17/h2-10,18H,11H2,1H3,(H,24,25)/t18-/m0/s1. The molecule has 138 valence electrons. The molecule has 0 aliphatic rings. The van der Waals surface area contributed by atoms with Crippen LogP contribution in [0.3, 0.4) is 0 Å². The Balaban J connectivity index is 1.89. The molecule has 0 saturated heterocycles. The molecule has 0 bridgehead atoms. The lowest BCUT2D eigenvalue weighted by atomic mass is 10.0. The average Bonchev–Trinajstić information content (AvgIpc) is 2.69. The van der Waals surface area contributed by atoms with Crippen LogP contribution in [-0.2, 0) is 16.0 Å². The molecular formula is C20H16BrClN2O3. The van der Waals surface area contributed by atoms with Gasteiger partial charge in [-0.25, -0.2) is 4.79 Å². The van der Waals surface area contributed by atoms with E-state index >= 15 is 0 Å². The number of aromatic nitrogens is 1. The highest BCUT2D eigenvalue weighted by Gasteiger charge is 2.24. The van der Waals surface area contributed by atoms with Gasteiger partial charge in [0.05, 0.1) is 18.2 Å². The number of carbonyl (C=O) groups is 2. The smallest absolute Gasteiger partial charge is 0.328 e. The van der Waals surface area contributed by atoms with Crippen LogP contribution >= 0.6 is 27.5 Å². The molecule has 7 heteroatoms. The van der Waals surface area contributed by atoms with Crippen LogP contribution in [0.25, 0.3) is 10.9 Å². The predicted molar refractivity (Wildman–Crippen MR) is 108 cm³/mol. The number of amides is 1. The van der Waals surface area contributed by atoms with E-state index in [1.54, 1.807) is 30.5 Å². The highest BCUT2D eigenvalue weighted by Crippen LogP contribution is 2.23. The number of fused-ring (bicyclic) bond motifs is 1. The van der Waals surface area contributed by atoms with E-state index in [9.17, 15) is 9.59 Å². The maximum absolute atomic E-state index is 12.8. The van der Waals surface area contributed by atoms with Crippen molar-refractivity contribution >= 4 is 50.3 Å². The van der Waals surface area contributed by atoms with Crippen molar-refractivity contribution in [3.05, 3.63) is 75.4 Å². The van der Waals surface area contributed by atoms with E-state index in [0.717, 1.165) is 10.0 Å². The summed E-state index contributed by atoms with van der Waals surface area (Å²) in [5, 5.41) is 4.02. The molecule has 27 heavy (non-hydrogen) atoms. The van der Waals surface area contributed by atoms with Crippen LogP contribution in [-0.4, -0.2) is 30.0 Å². The SMILES string of the molecule is COC(=O)[C@H](Cc1cc(Cl)ccc1Br)NC(=O)c1ccnc2ccccc12. The summed E-state index contributed by atoms with van der Waals surface area (Å²) in [6.07, 6.45) is 1.81. The number of methoxy groups -OCH3 is 1. The summed E-state index contributed by atoms with van der Waals surface area (Å²) >= 11 is 9.49. The van der Waals surface area contributed by atoms with Crippen LogP contribution in [0.4, 0.5) is 0 Å². The maximum atomic E-state index is 12.8. The second kappa shape index (κ2) is 8.50. The first-order valence-corrected chi connectivity index (χ1v) is 9.33. The fourth-order valence-corrected chi connectivity index (χ4v) is 3.39. The molecule has 1 atom stereocenters. The molecule has 3 rings (SSSR count). The zero-order valence-electron chi connectivity index (χ0n) is 14.4. The van der Waals surface area contributed by atoms with Gasteiger partial charge in [-0.3, -0.25) is 9.78 Å². The largest absolute Gasteiger partial charge is 0.467 e. The Morgan fingerprint density at radius 2 is 2.00 bits per heavy atom. The summed E-state index contributed by atoms with van der Waals surface area (Å²) in [5.41, 5.74) is 1.94. The molecule has 0 saturated carbocycles. The van der Waals surface area contributed by atoms with Crippen LogP contribution in [0.5, 0.6) is 0 Å². The number of hydrogen-bond donors (Lipinski definition) is 1. The van der Waals surface area contributed by atoms with Gasteiger partial charge in [-0.05, 0) is 35.9 Å². The lowest BCUT2D eigenvalue weighted by molar-refractivity contribution is -0.142. The van der Waals surface area contributed by atoms with Crippen LogP contribution in [0.15, 0.2) is 59.2 Å². The minimum absolute atomic E-state index is 0.239. The fourth-order valence-electron chi connectivity index (χ4n) is 2.79. The normalized spacial score (nSPS) is 11.8. The van der Waals surface area contributed by atoms with Crippen molar-refractivity contribution < 1.29 is 14.3 Å². The summed E-state index contributed by atoms with van der Waals surface area (Å²) in [6, 6.07) is 13.4. The Kier molecular flexibility index (Phi) is 6.08. The minimum atomic E-state index is -0.857. The van der Waals surface area contributed by atoms with Crippen molar-refractivity contribution in [3.63, 3.8) is 0 Å². The third kappa shape index (κ3) is 4.46. The van der Waals surface area contributed by atoms with Gasteiger partial charge in [0.25, 0.3) is 5.91 Å². The van der Waals surface area contributed by atoms with E-state index in [0.29, 0.717) is 21.5 Å². The number of carbonyl (C=O) groups excluding carboxylic acids is 2. The van der Waals surface area contributed by atoms with Gasteiger partial charge in [0.15, 0.2) is 0 Å². The molecule has 3 aromatic rings. The fraction of sp³-hybridized carbons (Fsp3) is 0.150. The molecule has 0 spiro atoms. The van der Waals surface area contributed by atoms with E-state index in [1.165, 1.54) is 7.11 Å². The quantitative estimate of drug-likeness (QED) is 0.596. The number of benzene rings is 2. The maximum Gasteiger partial charge on any atom is 0.328 e. The molecule has 1 aromatic heterocycles. The van der Waals surface area contributed by atoms with Gasteiger partial charge in [0, 0.05) is 27.5 Å². The number of nitrogens with zero attached hydrogens (tertiary/aromatic N) is 1. The Morgan fingerprint density at radius 1 is 1.22 bits per heavy atom. The van der Waals surface area contributed by atoms with E-state index in [2.05, 4.69) is 26.2 Å².